The predicted molar refractivity (Wildman–Crippen MR) is 74.8 cm³/mol. The SMILES string of the molecule is O=C(O)c1ccc(CNc2ccc(Br)cc2F)cc1F. The average molecular weight is 342 g/mol. The normalized spacial score (nSPS) is 10.3. The summed E-state index contributed by atoms with van der Waals surface area (Å²) in [6, 6.07) is 8.34. The number of nitrogens with one attached hydrogen (secondary N) is 1. The van der Waals surface area contributed by atoms with E-state index in [2.05, 4.69) is 21.2 Å². The lowest BCUT2D eigenvalue weighted by Crippen LogP contribution is -2.05. The molecule has 0 spiro atoms. The summed E-state index contributed by atoms with van der Waals surface area (Å²) in [4.78, 5) is 10.7. The first-order valence-corrected chi connectivity index (χ1v) is 6.47. The molecule has 0 amide bonds. The second kappa shape index (κ2) is 6.00. The number of aromatic carboxylic acids is 1. The molecule has 2 aromatic carbocycles. The Balaban J connectivity index is 2.11. The second-order valence-electron chi connectivity index (χ2n) is 4.10. The minimum Gasteiger partial charge on any atom is -0.478 e. The summed E-state index contributed by atoms with van der Waals surface area (Å²) in [7, 11) is 0. The Hall–Kier alpha value is -1.95. The third-order valence-corrected chi connectivity index (χ3v) is 3.17. The second-order valence-corrected chi connectivity index (χ2v) is 5.01. The molecule has 104 valence electrons. The third-order valence-electron chi connectivity index (χ3n) is 2.68. The van der Waals surface area contributed by atoms with Gasteiger partial charge in [0.05, 0.1) is 11.3 Å². The molecule has 0 aliphatic carbocycles. The minimum atomic E-state index is -1.32. The van der Waals surface area contributed by atoms with Crippen molar-refractivity contribution in [2.24, 2.45) is 0 Å². The standard InChI is InChI=1S/C14H10BrF2NO2/c15-9-2-4-13(12(17)6-9)18-7-8-1-3-10(14(19)20)11(16)5-8/h1-6,18H,7H2,(H,19,20). The van der Waals surface area contributed by atoms with Gasteiger partial charge < -0.3 is 10.4 Å². The van der Waals surface area contributed by atoms with E-state index in [1.807, 2.05) is 0 Å². The zero-order valence-corrected chi connectivity index (χ0v) is 11.7. The number of hydrogen-bond donors (Lipinski definition) is 2. The van der Waals surface area contributed by atoms with E-state index in [9.17, 15) is 13.6 Å². The van der Waals surface area contributed by atoms with E-state index in [0.29, 0.717) is 10.0 Å². The van der Waals surface area contributed by atoms with Gasteiger partial charge in [-0.2, -0.15) is 0 Å². The molecule has 0 aliphatic heterocycles. The van der Waals surface area contributed by atoms with E-state index in [4.69, 9.17) is 5.11 Å². The van der Waals surface area contributed by atoms with Crippen molar-refractivity contribution < 1.29 is 18.7 Å². The molecule has 2 rings (SSSR count). The first kappa shape index (κ1) is 14.5. The Morgan fingerprint density at radius 2 is 1.90 bits per heavy atom. The van der Waals surface area contributed by atoms with Crippen molar-refractivity contribution in [2.75, 3.05) is 5.32 Å². The molecule has 0 saturated carbocycles. The van der Waals surface area contributed by atoms with Crippen molar-refractivity contribution in [1.82, 2.24) is 0 Å². The van der Waals surface area contributed by atoms with Crippen LogP contribution in [0.1, 0.15) is 15.9 Å². The lowest BCUT2D eigenvalue weighted by atomic mass is 10.1. The fourth-order valence-corrected chi connectivity index (χ4v) is 2.01. The molecule has 0 fully saturated rings. The van der Waals surface area contributed by atoms with E-state index in [0.717, 1.165) is 6.07 Å². The molecule has 3 nitrogen and oxygen atoms in total. The Morgan fingerprint density at radius 1 is 1.15 bits per heavy atom. The van der Waals surface area contributed by atoms with Crippen molar-refractivity contribution in [1.29, 1.82) is 0 Å². The molecular weight excluding hydrogens is 332 g/mol. The summed E-state index contributed by atoms with van der Waals surface area (Å²) >= 11 is 3.15. The van der Waals surface area contributed by atoms with Crippen LogP contribution in [-0.2, 0) is 6.54 Å². The molecule has 0 radical (unpaired) electrons. The lowest BCUT2D eigenvalue weighted by molar-refractivity contribution is 0.0692. The quantitative estimate of drug-likeness (QED) is 0.882. The lowest BCUT2D eigenvalue weighted by Gasteiger charge is -2.08. The number of hydrogen-bond acceptors (Lipinski definition) is 2. The van der Waals surface area contributed by atoms with Crippen LogP contribution in [-0.4, -0.2) is 11.1 Å². The number of rotatable bonds is 4. The molecule has 0 bridgehead atoms. The highest BCUT2D eigenvalue weighted by Gasteiger charge is 2.10. The van der Waals surface area contributed by atoms with Crippen molar-refractivity contribution in [2.45, 2.75) is 6.54 Å². The Bertz CT molecular complexity index is 662. The monoisotopic (exact) mass is 341 g/mol. The van der Waals surface area contributed by atoms with Gasteiger partial charge in [0.15, 0.2) is 0 Å². The summed E-state index contributed by atoms with van der Waals surface area (Å²) < 4.78 is 27.7. The maximum Gasteiger partial charge on any atom is 0.338 e. The zero-order chi connectivity index (χ0) is 14.7. The van der Waals surface area contributed by atoms with Crippen LogP contribution in [0, 0.1) is 11.6 Å². The maximum atomic E-state index is 13.6. The van der Waals surface area contributed by atoms with Crippen LogP contribution >= 0.6 is 15.9 Å². The van der Waals surface area contributed by atoms with Gasteiger partial charge in [-0.05, 0) is 35.9 Å². The van der Waals surface area contributed by atoms with Crippen LogP contribution in [0.4, 0.5) is 14.5 Å². The topological polar surface area (TPSA) is 49.3 Å². The summed E-state index contributed by atoms with van der Waals surface area (Å²) in [6.45, 7) is 0.190. The molecule has 0 heterocycles. The first-order valence-electron chi connectivity index (χ1n) is 5.68. The molecule has 0 atom stereocenters. The van der Waals surface area contributed by atoms with Crippen molar-refractivity contribution in [3.05, 3.63) is 63.6 Å². The largest absolute Gasteiger partial charge is 0.478 e. The van der Waals surface area contributed by atoms with Crippen LogP contribution in [0.5, 0.6) is 0 Å². The van der Waals surface area contributed by atoms with E-state index >= 15 is 0 Å². The molecule has 0 unspecified atom stereocenters. The number of anilines is 1. The van der Waals surface area contributed by atoms with Gasteiger partial charge >= 0.3 is 5.97 Å². The molecule has 2 aromatic rings. The first-order chi connectivity index (χ1) is 9.47. The fourth-order valence-electron chi connectivity index (χ4n) is 1.67. The highest BCUT2D eigenvalue weighted by Crippen LogP contribution is 2.20. The number of carbonyl (C=O) groups is 1. The minimum absolute atomic E-state index is 0.190. The van der Waals surface area contributed by atoms with Crippen molar-refractivity contribution >= 4 is 27.6 Å². The van der Waals surface area contributed by atoms with Gasteiger partial charge in [0, 0.05) is 11.0 Å². The average Bonchev–Trinajstić information content (AvgIpc) is 2.37. The van der Waals surface area contributed by atoms with Crippen LogP contribution in [0.3, 0.4) is 0 Å². The summed E-state index contributed by atoms with van der Waals surface area (Å²) in [6.07, 6.45) is 0. The van der Waals surface area contributed by atoms with Gasteiger partial charge in [0.25, 0.3) is 0 Å². The van der Waals surface area contributed by atoms with Crippen molar-refractivity contribution in [3.63, 3.8) is 0 Å². The smallest absolute Gasteiger partial charge is 0.338 e. The Kier molecular flexibility index (Phi) is 4.34. The molecule has 0 aromatic heterocycles. The molecule has 20 heavy (non-hydrogen) atoms. The Labute approximate surface area is 122 Å². The highest BCUT2D eigenvalue weighted by atomic mass is 79.9. The molecule has 2 N–H and O–H groups in total. The third kappa shape index (κ3) is 3.33. The number of benzene rings is 2. The maximum absolute atomic E-state index is 13.6. The fraction of sp³-hybridized carbons (Fsp3) is 0.0714. The van der Waals surface area contributed by atoms with Crippen LogP contribution in [0.15, 0.2) is 40.9 Å². The summed E-state index contributed by atoms with van der Waals surface area (Å²) in [5.74, 6) is -2.56. The van der Waals surface area contributed by atoms with Gasteiger partial charge in [0.1, 0.15) is 11.6 Å². The molecule has 0 aliphatic rings. The van der Waals surface area contributed by atoms with E-state index in [1.165, 1.54) is 18.2 Å². The van der Waals surface area contributed by atoms with Crippen LogP contribution < -0.4 is 5.32 Å². The summed E-state index contributed by atoms with van der Waals surface area (Å²) in [5.41, 5.74) is 0.425. The molecule has 0 saturated heterocycles. The van der Waals surface area contributed by atoms with Gasteiger partial charge in [-0.15, -0.1) is 0 Å². The molecule has 6 heteroatoms. The van der Waals surface area contributed by atoms with Gasteiger partial charge in [-0.25, -0.2) is 13.6 Å². The van der Waals surface area contributed by atoms with Crippen LogP contribution in [0.25, 0.3) is 0 Å². The zero-order valence-electron chi connectivity index (χ0n) is 10.2. The van der Waals surface area contributed by atoms with E-state index in [-0.39, 0.29) is 17.8 Å². The van der Waals surface area contributed by atoms with E-state index in [1.54, 1.807) is 12.1 Å². The van der Waals surface area contributed by atoms with Gasteiger partial charge in [-0.3, -0.25) is 0 Å². The number of halogens is 3. The van der Waals surface area contributed by atoms with Crippen molar-refractivity contribution in [3.8, 4) is 0 Å². The van der Waals surface area contributed by atoms with Gasteiger partial charge in [-0.1, -0.05) is 22.0 Å². The predicted octanol–water partition coefficient (Wildman–Crippen LogP) is 4.04. The summed E-state index contributed by atoms with van der Waals surface area (Å²) in [5, 5.41) is 11.5. The Morgan fingerprint density at radius 3 is 2.50 bits per heavy atom. The van der Waals surface area contributed by atoms with E-state index < -0.39 is 17.6 Å². The molecular formula is C14H10BrF2NO2. The van der Waals surface area contributed by atoms with Crippen LogP contribution in [0.2, 0.25) is 0 Å². The number of carboxylic acid groups (broad SMARTS) is 1. The highest BCUT2D eigenvalue weighted by molar-refractivity contribution is 9.10. The van der Waals surface area contributed by atoms with Gasteiger partial charge in [0.2, 0.25) is 0 Å². The number of carboxylic acids is 1.